The molecule has 1 aliphatic heterocycles. The van der Waals surface area contributed by atoms with Crippen LogP contribution in [0.5, 0.6) is 0 Å². The second-order valence-electron chi connectivity index (χ2n) is 6.39. The number of carbonyl (C=O) groups is 2. The van der Waals surface area contributed by atoms with Crippen molar-refractivity contribution in [2.24, 2.45) is 5.92 Å². The second-order valence-corrected chi connectivity index (χ2v) is 7.47. The molecule has 1 aliphatic rings. The molecule has 2 heterocycles. The van der Waals surface area contributed by atoms with Crippen molar-refractivity contribution >= 4 is 28.5 Å². The van der Waals surface area contributed by atoms with Crippen LogP contribution in [0.25, 0.3) is 0 Å². The highest BCUT2D eigenvalue weighted by molar-refractivity contribution is 7.15. The van der Waals surface area contributed by atoms with Gasteiger partial charge in [0.1, 0.15) is 5.82 Å². The van der Waals surface area contributed by atoms with Gasteiger partial charge in [-0.15, -0.1) is 11.3 Å². The zero-order valence-corrected chi connectivity index (χ0v) is 15.2. The molecule has 1 saturated heterocycles. The zero-order valence-electron chi connectivity index (χ0n) is 14.4. The Morgan fingerprint density at radius 2 is 2.27 bits per heavy atom. The van der Waals surface area contributed by atoms with E-state index in [1.165, 1.54) is 28.4 Å². The minimum atomic E-state index is -0.870. The number of likely N-dealkylation sites (tertiary alicyclic amines) is 1. The van der Waals surface area contributed by atoms with Crippen LogP contribution in [-0.2, 0) is 11.2 Å². The lowest BCUT2D eigenvalue weighted by atomic mass is 9.99. The molecule has 1 fully saturated rings. The number of carboxylic acids is 1. The average Bonchev–Trinajstić information content (AvgIpc) is 2.94. The lowest BCUT2D eigenvalue weighted by Gasteiger charge is -2.30. The number of carboxylic acid groups (broad SMARTS) is 1. The number of hydrogen-bond donors (Lipinski definition) is 2. The van der Waals surface area contributed by atoms with Crippen molar-refractivity contribution in [3.05, 3.63) is 46.2 Å². The number of rotatable bonds is 4. The number of aromatic nitrogens is 1. The van der Waals surface area contributed by atoms with Gasteiger partial charge in [0.15, 0.2) is 5.13 Å². The summed E-state index contributed by atoms with van der Waals surface area (Å²) in [4.78, 5) is 30.4. The molecule has 3 rings (SSSR count). The van der Waals surface area contributed by atoms with Gasteiger partial charge in [0.25, 0.3) is 0 Å². The van der Waals surface area contributed by atoms with E-state index < -0.39 is 11.9 Å². The number of nitrogens with one attached hydrogen (secondary N) is 1. The number of nitrogens with zero attached hydrogens (tertiary/aromatic N) is 2. The molecule has 1 unspecified atom stereocenters. The smallest absolute Gasteiger partial charge is 0.323 e. The summed E-state index contributed by atoms with van der Waals surface area (Å²) >= 11 is 1.35. The standard InChI is InChI=1S/C18H20FN3O3S/c1-11-15(9-12-4-2-6-14(19)8-12)26-17(20-11)21-18(25)22-7-3-5-13(10-22)16(23)24/h2,4,6,8,13H,3,5,7,9-10H2,1H3,(H,23,24)(H,20,21,25). The van der Waals surface area contributed by atoms with Crippen LogP contribution in [-0.4, -0.2) is 40.1 Å². The van der Waals surface area contributed by atoms with E-state index in [2.05, 4.69) is 10.3 Å². The van der Waals surface area contributed by atoms with Gasteiger partial charge < -0.3 is 10.0 Å². The Labute approximate surface area is 154 Å². The minimum absolute atomic E-state index is 0.210. The van der Waals surface area contributed by atoms with Crippen molar-refractivity contribution < 1.29 is 19.1 Å². The van der Waals surface area contributed by atoms with Crippen molar-refractivity contribution in [2.45, 2.75) is 26.2 Å². The van der Waals surface area contributed by atoms with Gasteiger partial charge in [-0.3, -0.25) is 10.1 Å². The first-order chi connectivity index (χ1) is 12.4. The van der Waals surface area contributed by atoms with E-state index in [1.54, 1.807) is 6.07 Å². The summed E-state index contributed by atoms with van der Waals surface area (Å²) in [6.45, 7) is 2.60. The lowest BCUT2D eigenvalue weighted by Crippen LogP contribution is -2.44. The summed E-state index contributed by atoms with van der Waals surface area (Å²) in [5, 5.41) is 12.4. The minimum Gasteiger partial charge on any atom is -0.481 e. The van der Waals surface area contributed by atoms with Gasteiger partial charge in [-0.05, 0) is 37.5 Å². The summed E-state index contributed by atoms with van der Waals surface area (Å²) < 4.78 is 13.3. The van der Waals surface area contributed by atoms with Gasteiger partial charge in [0, 0.05) is 24.4 Å². The quantitative estimate of drug-likeness (QED) is 0.854. The Morgan fingerprint density at radius 1 is 1.46 bits per heavy atom. The van der Waals surface area contributed by atoms with Crippen molar-refractivity contribution in [1.29, 1.82) is 0 Å². The number of aryl methyl sites for hydroxylation is 1. The SMILES string of the molecule is Cc1nc(NC(=O)N2CCCC(C(=O)O)C2)sc1Cc1cccc(F)c1. The van der Waals surface area contributed by atoms with Crippen LogP contribution in [0.1, 0.15) is 29.0 Å². The predicted molar refractivity (Wildman–Crippen MR) is 97.0 cm³/mol. The fraction of sp³-hybridized carbons (Fsp3) is 0.389. The van der Waals surface area contributed by atoms with Crippen LogP contribution >= 0.6 is 11.3 Å². The summed E-state index contributed by atoms with van der Waals surface area (Å²) in [6, 6.07) is 6.07. The van der Waals surface area contributed by atoms with E-state index in [9.17, 15) is 14.0 Å². The molecule has 138 valence electrons. The van der Waals surface area contributed by atoms with E-state index in [0.29, 0.717) is 30.9 Å². The topological polar surface area (TPSA) is 82.5 Å². The third kappa shape index (κ3) is 4.37. The number of aliphatic carboxylic acids is 1. The maximum Gasteiger partial charge on any atom is 0.323 e. The summed E-state index contributed by atoms with van der Waals surface area (Å²) in [7, 11) is 0. The average molecular weight is 377 g/mol. The molecule has 0 bridgehead atoms. The predicted octanol–water partition coefficient (Wildman–Crippen LogP) is 3.51. The van der Waals surface area contributed by atoms with E-state index in [-0.39, 0.29) is 18.4 Å². The third-order valence-electron chi connectivity index (χ3n) is 4.42. The van der Waals surface area contributed by atoms with Crippen LogP contribution in [0.15, 0.2) is 24.3 Å². The molecule has 6 nitrogen and oxygen atoms in total. The van der Waals surface area contributed by atoms with Gasteiger partial charge in [0.05, 0.1) is 11.6 Å². The molecular formula is C18H20FN3O3S. The normalized spacial score (nSPS) is 17.2. The molecule has 2 N–H and O–H groups in total. The molecule has 1 atom stereocenters. The van der Waals surface area contributed by atoms with Crippen LogP contribution < -0.4 is 5.32 Å². The Bertz CT molecular complexity index is 824. The van der Waals surface area contributed by atoms with Crippen LogP contribution in [0, 0.1) is 18.7 Å². The van der Waals surface area contributed by atoms with E-state index >= 15 is 0 Å². The van der Waals surface area contributed by atoms with Crippen molar-refractivity contribution in [3.63, 3.8) is 0 Å². The highest BCUT2D eigenvalue weighted by Gasteiger charge is 2.28. The van der Waals surface area contributed by atoms with Crippen LogP contribution in [0.3, 0.4) is 0 Å². The Kier molecular flexibility index (Phi) is 5.51. The number of piperidine rings is 1. The number of benzene rings is 1. The molecule has 0 spiro atoms. The Hall–Kier alpha value is -2.48. The molecule has 2 amide bonds. The molecule has 8 heteroatoms. The first kappa shape index (κ1) is 18.3. The first-order valence-electron chi connectivity index (χ1n) is 8.42. The summed E-state index contributed by atoms with van der Waals surface area (Å²) in [5.74, 6) is -1.67. The van der Waals surface area contributed by atoms with E-state index in [1.807, 2.05) is 13.0 Å². The molecule has 1 aromatic carbocycles. The number of anilines is 1. The van der Waals surface area contributed by atoms with Crippen LogP contribution in [0.2, 0.25) is 0 Å². The zero-order chi connectivity index (χ0) is 18.7. The number of amides is 2. The van der Waals surface area contributed by atoms with Gasteiger partial charge >= 0.3 is 12.0 Å². The molecule has 2 aromatic rings. The van der Waals surface area contributed by atoms with Crippen molar-refractivity contribution in [2.75, 3.05) is 18.4 Å². The summed E-state index contributed by atoms with van der Waals surface area (Å²) in [6.07, 6.45) is 1.81. The first-order valence-corrected chi connectivity index (χ1v) is 9.23. The fourth-order valence-corrected chi connectivity index (χ4v) is 4.00. The number of thiazole rings is 1. The lowest BCUT2D eigenvalue weighted by molar-refractivity contribution is -0.143. The number of halogens is 1. The summed E-state index contributed by atoms with van der Waals surface area (Å²) in [5.41, 5.74) is 1.63. The van der Waals surface area contributed by atoms with E-state index in [4.69, 9.17) is 5.11 Å². The Balaban J connectivity index is 1.65. The second kappa shape index (κ2) is 7.82. The molecule has 0 aliphatic carbocycles. The van der Waals surface area contributed by atoms with Gasteiger partial charge in [-0.25, -0.2) is 14.2 Å². The number of urea groups is 1. The largest absolute Gasteiger partial charge is 0.481 e. The third-order valence-corrected chi connectivity index (χ3v) is 5.49. The maximum absolute atomic E-state index is 13.3. The molecular weight excluding hydrogens is 357 g/mol. The van der Waals surface area contributed by atoms with Gasteiger partial charge in [0.2, 0.25) is 0 Å². The van der Waals surface area contributed by atoms with Crippen LogP contribution in [0.4, 0.5) is 14.3 Å². The van der Waals surface area contributed by atoms with Gasteiger partial charge in [-0.2, -0.15) is 0 Å². The monoisotopic (exact) mass is 377 g/mol. The highest BCUT2D eigenvalue weighted by Crippen LogP contribution is 2.26. The Morgan fingerprint density at radius 3 is 3.00 bits per heavy atom. The maximum atomic E-state index is 13.3. The van der Waals surface area contributed by atoms with Crippen molar-refractivity contribution in [3.8, 4) is 0 Å². The molecule has 0 radical (unpaired) electrons. The van der Waals surface area contributed by atoms with Crippen molar-refractivity contribution in [1.82, 2.24) is 9.88 Å². The fourth-order valence-electron chi connectivity index (χ4n) is 3.01. The highest BCUT2D eigenvalue weighted by atomic mass is 32.1. The molecule has 1 aromatic heterocycles. The number of carbonyl (C=O) groups excluding carboxylic acids is 1. The molecule has 26 heavy (non-hydrogen) atoms. The van der Waals surface area contributed by atoms with E-state index in [0.717, 1.165) is 16.1 Å². The van der Waals surface area contributed by atoms with Gasteiger partial charge in [-0.1, -0.05) is 12.1 Å². The number of hydrogen-bond acceptors (Lipinski definition) is 4. The molecule has 0 saturated carbocycles.